The molecule has 1 aromatic rings. The second-order valence-corrected chi connectivity index (χ2v) is 6.36. The lowest BCUT2D eigenvalue weighted by Gasteiger charge is -2.54. The van der Waals surface area contributed by atoms with Crippen molar-refractivity contribution in [3.8, 4) is 6.07 Å². The molecule has 1 spiro atoms. The third-order valence-corrected chi connectivity index (χ3v) is 5.14. The number of aromatic nitrogens is 1. The van der Waals surface area contributed by atoms with Crippen molar-refractivity contribution in [1.29, 1.82) is 5.26 Å². The molecule has 1 aliphatic carbocycles. The smallest absolute Gasteiger partial charge is 0.338 e. The van der Waals surface area contributed by atoms with Crippen LogP contribution >= 0.6 is 0 Å². The summed E-state index contributed by atoms with van der Waals surface area (Å²) in [5.41, 5.74) is -0.484. The van der Waals surface area contributed by atoms with E-state index in [1.165, 1.54) is 23.4 Å². The topological polar surface area (TPSA) is 57.0 Å². The van der Waals surface area contributed by atoms with Gasteiger partial charge < -0.3 is 4.90 Å². The van der Waals surface area contributed by atoms with Crippen LogP contribution in [0.15, 0.2) is 18.5 Å². The van der Waals surface area contributed by atoms with Gasteiger partial charge in [0, 0.05) is 25.5 Å². The SMILES string of the molecule is N#Cc1ccncc1C(=O)N1CC[C@@H](C(F)(F)F)C2(CCC2)C1. The van der Waals surface area contributed by atoms with E-state index in [1.54, 1.807) is 0 Å². The van der Waals surface area contributed by atoms with Crippen molar-refractivity contribution in [1.82, 2.24) is 9.88 Å². The van der Waals surface area contributed by atoms with Crippen LogP contribution in [0.1, 0.15) is 41.6 Å². The van der Waals surface area contributed by atoms with Crippen molar-refractivity contribution in [3.63, 3.8) is 0 Å². The molecular formula is C16H16F3N3O. The van der Waals surface area contributed by atoms with Crippen molar-refractivity contribution in [2.75, 3.05) is 13.1 Å². The summed E-state index contributed by atoms with van der Waals surface area (Å²) in [4.78, 5) is 17.9. The third-order valence-electron chi connectivity index (χ3n) is 5.14. The van der Waals surface area contributed by atoms with Crippen LogP contribution in [0.2, 0.25) is 0 Å². The molecule has 4 nitrogen and oxygen atoms in total. The predicted molar refractivity (Wildman–Crippen MR) is 75.3 cm³/mol. The molecule has 0 bridgehead atoms. The molecule has 0 radical (unpaired) electrons. The quantitative estimate of drug-likeness (QED) is 0.798. The molecule has 2 fully saturated rings. The highest BCUT2D eigenvalue weighted by molar-refractivity contribution is 5.96. The summed E-state index contributed by atoms with van der Waals surface area (Å²) in [7, 11) is 0. The molecule has 1 aromatic heterocycles. The number of carbonyl (C=O) groups is 1. The van der Waals surface area contributed by atoms with Gasteiger partial charge in [-0.05, 0) is 30.7 Å². The number of alkyl halides is 3. The highest BCUT2D eigenvalue weighted by Gasteiger charge is 2.58. The Hall–Kier alpha value is -2.10. The van der Waals surface area contributed by atoms with E-state index in [9.17, 15) is 18.0 Å². The minimum absolute atomic E-state index is 0.0600. The predicted octanol–water partition coefficient (Wildman–Crippen LogP) is 3.15. The van der Waals surface area contributed by atoms with Crippen molar-refractivity contribution in [2.24, 2.45) is 11.3 Å². The maximum Gasteiger partial charge on any atom is 0.392 e. The molecule has 0 unspecified atom stereocenters. The Balaban J connectivity index is 1.84. The molecule has 7 heteroatoms. The lowest BCUT2D eigenvalue weighted by Crippen LogP contribution is -2.57. The van der Waals surface area contributed by atoms with Crippen molar-refractivity contribution in [3.05, 3.63) is 29.6 Å². The first-order chi connectivity index (χ1) is 10.9. The van der Waals surface area contributed by atoms with E-state index in [-0.39, 0.29) is 30.6 Å². The van der Waals surface area contributed by atoms with Gasteiger partial charge in [-0.15, -0.1) is 0 Å². The third kappa shape index (κ3) is 2.67. The number of halogens is 3. The number of rotatable bonds is 1. The second-order valence-electron chi connectivity index (χ2n) is 6.36. The van der Waals surface area contributed by atoms with Crippen molar-refractivity contribution in [2.45, 2.75) is 31.9 Å². The fraction of sp³-hybridized carbons (Fsp3) is 0.562. The van der Waals surface area contributed by atoms with Gasteiger partial charge in [0.15, 0.2) is 0 Å². The summed E-state index contributed by atoms with van der Waals surface area (Å²) in [5.74, 6) is -1.74. The van der Waals surface area contributed by atoms with Gasteiger partial charge in [-0.2, -0.15) is 18.4 Å². The number of carbonyl (C=O) groups excluding carboxylic acids is 1. The Morgan fingerprint density at radius 3 is 2.74 bits per heavy atom. The van der Waals surface area contributed by atoms with Crippen LogP contribution in [0.5, 0.6) is 0 Å². The van der Waals surface area contributed by atoms with Crippen LogP contribution in [-0.2, 0) is 0 Å². The molecule has 2 heterocycles. The van der Waals surface area contributed by atoms with Crippen LogP contribution in [0, 0.1) is 22.7 Å². The Kier molecular flexibility index (Phi) is 3.78. The fourth-order valence-electron chi connectivity index (χ4n) is 3.81. The van der Waals surface area contributed by atoms with Crippen LogP contribution in [0.4, 0.5) is 13.2 Å². The standard InChI is InChI=1S/C16H16F3N3O/c17-16(18,19)13-3-7-22(10-15(13)4-1-5-15)14(23)12-9-21-6-2-11(12)8-20/h2,6,9,13H,1,3-5,7,10H2/t13-/m1/s1. The van der Waals surface area contributed by atoms with Crippen LogP contribution < -0.4 is 0 Å². The zero-order chi connectivity index (χ0) is 16.7. The van der Waals surface area contributed by atoms with Gasteiger partial charge >= 0.3 is 6.18 Å². The molecule has 3 rings (SSSR count). The fourth-order valence-corrected chi connectivity index (χ4v) is 3.81. The van der Waals surface area contributed by atoms with Gasteiger partial charge in [0.25, 0.3) is 5.91 Å². The number of nitriles is 1. The van der Waals surface area contributed by atoms with E-state index in [4.69, 9.17) is 5.26 Å². The number of likely N-dealkylation sites (tertiary alicyclic amines) is 1. The van der Waals surface area contributed by atoms with Gasteiger partial charge in [0.1, 0.15) is 6.07 Å². The molecule has 122 valence electrons. The summed E-state index contributed by atoms with van der Waals surface area (Å²) in [5, 5.41) is 9.08. The number of nitrogens with zero attached hydrogens (tertiary/aromatic N) is 3. The zero-order valence-electron chi connectivity index (χ0n) is 12.4. The molecule has 1 amide bonds. The van der Waals surface area contributed by atoms with Gasteiger partial charge in [-0.1, -0.05) is 6.42 Å². The van der Waals surface area contributed by atoms with Crippen LogP contribution in [0.25, 0.3) is 0 Å². The Morgan fingerprint density at radius 1 is 1.43 bits per heavy atom. The molecule has 1 aliphatic heterocycles. The number of piperidine rings is 1. The number of hydrogen-bond acceptors (Lipinski definition) is 3. The average molecular weight is 323 g/mol. The highest BCUT2D eigenvalue weighted by Crippen LogP contribution is 2.56. The first-order valence-electron chi connectivity index (χ1n) is 7.57. The lowest BCUT2D eigenvalue weighted by atomic mass is 9.58. The molecule has 0 aromatic carbocycles. The number of amides is 1. The van der Waals surface area contributed by atoms with Crippen LogP contribution in [0.3, 0.4) is 0 Å². The lowest BCUT2D eigenvalue weighted by molar-refractivity contribution is -0.235. The van der Waals surface area contributed by atoms with E-state index in [0.717, 1.165) is 6.42 Å². The molecule has 1 atom stereocenters. The first kappa shape index (κ1) is 15.8. The maximum atomic E-state index is 13.3. The number of pyridine rings is 1. The minimum Gasteiger partial charge on any atom is -0.338 e. The van der Waals surface area contributed by atoms with E-state index in [1.807, 2.05) is 6.07 Å². The summed E-state index contributed by atoms with van der Waals surface area (Å²) in [6.45, 7) is 0.167. The largest absolute Gasteiger partial charge is 0.392 e. The Bertz CT molecular complexity index is 661. The summed E-state index contributed by atoms with van der Waals surface area (Å²) < 4.78 is 39.8. The van der Waals surface area contributed by atoms with E-state index < -0.39 is 23.4 Å². The second kappa shape index (κ2) is 5.52. The van der Waals surface area contributed by atoms with E-state index in [0.29, 0.717) is 12.8 Å². The molecule has 23 heavy (non-hydrogen) atoms. The Labute approximate surface area is 131 Å². The van der Waals surface area contributed by atoms with Crippen molar-refractivity contribution < 1.29 is 18.0 Å². The van der Waals surface area contributed by atoms with Gasteiger partial charge in [0.2, 0.25) is 0 Å². The monoisotopic (exact) mass is 323 g/mol. The first-order valence-corrected chi connectivity index (χ1v) is 7.57. The van der Waals surface area contributed by atoms with Gasteiger partial charge in [-0.3, -0.25) is 9.78 Å². The minimum atomic E-state index is -4.22. The Morgan fingerprint density at radius 2 is 2.17 bits per heavy atom. The number of hydrogen-bond donors (Lipinski definition) is 0. The van der Waals surface area contributed by atoms with Crippen molar-refractivity contribution >= 4 is 5.91 Å². The maximum absolute atomic E-state index is 13.3. The summed E-state index contributed by atoms with van der Waals surface area (Å²) in [6, 6.07) is 3.37. The molecular weight excluding hydrogens is 307 g/mol. The normalized spacial score (nSPS) is 23.2. The van der Waals surface area contributed by atoms with Gasteiger partial charge in [0.05, 0.1) is 17.0 Å². The van der Waals surface area contributed by atoms with Crippen LogP contribution in [-0.4, -0.2) is 35.1 Å². The van der Waals surface area contributed by atoms with E-state index >= 15 is 0 Å². The average Bonchev–Trinajstić information content (AvgIpc) is 2.51. The van der Waals surface area contributed by atoms with E-state index in [2.05, 4.69) is 4.98 Å². The molecule has 2 aliphatic rings. The molecule has 1 saturated carbocycles. The summed E-state index contributed by atoms with van der Waals surface area (Å²) >= 11 is 0. The summed E-state index contributed by atoms with van der Waals surface area (Å²) in [6.07, 6.45) is 0.199. The molecule has 1 saturated heterocycles. The highest BCUT2D eigenvalue weighted by atomic mass is 19.4. The van der Waals surface area contributed by atoms with Gasteiger partial charge in [-0.25, -0.2) is 0 Å². The zero-order valence-corrected chi connectivity index (χ0v) is 12.4. The molecule has 0 N–H and O–H groups in total.